The van der Waals surface area contributed by atoms with Gasteiger partial charge >= 0.3 is 0 Å². The summed E-state index contributed by atoms with van der Waals surface area (Å²) < 4.78 is 26.9. The van der Waals surface area contributed by atoms with Crippen molar-refractivity contribution in [3.8, 4) is 0 Å². The molecule has 1 amide bonds. The van der Waals surface area contributed by atoms with Gasteiger partial charge in [0.15, 0.2) is 0 Å². The maximum absolute atomic E-state index is 12.7. The van der Waals surface area contributed by atoms with E-state index in [1.54, 1.807) is 24.3 Å². The third-order valence-corrected chi connectivity index (χ3v) is 7.51. The van der Waals surface area contributed by atoms with E-state index in [1.807, 2.05) is 37.3 Å². The molecule has 7 heteroatoms. The van der Waals surface area contributed by atoms with Gasteiger partial charge < -0.3 is 5.32 Å². The van der Waals surface area contributed by atoms with Crippen LogP contribution in [0.15, 0.2) is 54.6 Å². The Morgan fingerprint density at radius 1 is 1.10 bits per heavy atom. The molecule has 5 nitrogen and oxygen atoms in total. The quantitative estimate of drug-likeness (QED) is 0.711. The second-order valence-electron chi connectivity index (χ2n) is 7.44. The van der Waals surface area contributed by atoms with Gasteiger partial charge in [0.25, 0.3) is 0 Å². The summed E-state index contributed by atoms with van der Waals surface area (Å²) in [6, 6.07) is 16.7. The van der Waals surface area contributed by atoms with Crippen LogP contribution in [0.1, 0.15) is 43.4 Å². The minimum Gasteiger partial charge on any atom is -0.349 e. The predicted molar refractivity (Wildman–Crippen MR) is 116 cm³/mol. The highest BCUT2D eigenvalue weighted by Crippen LogP contribution is 2.24. The molecule has 156 valence electrons. The summed E-state index contributed by atoms with van der Waals surface area (Å²) in [5.41, 5.74) is 1.80. The fraction of sp³-hybridized carbons (Fsp3) is 0.409. The molecule has 2 aromatic rings. The largest absolute Gasteiger partial charge is 0.349 e. The lowest BCUT2D eigenvalue weighted by Gasteiger charge is -2.31. The number of nitrogens with one attached hydrogen (secondary N) is 1. The molecule has 3 rings (SSSR count). The van der Waals surface area contributed by atoms with E-state index < -0.39 is 10.0 Å². The summed E-state index contributed by atoms with van der Waals surface area (Å²) in [7, 11) is -3.41. The molecule has 0 aromatic heterocycles. The van der Waals surface area contributed by atoms with Crippen LogP contribution in [0.5, 0.6) is 0 Å². The zero-order valence-corrected chi connectivity index (χ0v) is 18.1. The SMILES string of the molecule is CC[C@@H](NC(=O)C1CCN(S(=O)(=O)Cc2ccc(Cl)cc2)CC1)c1ccccc1. The topological polar surface area (TPSA) is 66.5 Å². The predicted octanol–water partition coefficient (Wildman–Crippen LogP) is 4.15. The van der Waals surface area contributed by atoms with Crippen molar-refractivity contribution < 1.29 is 13.2 Å². The van der Waals surface area contributed by atoms with Crippen LogP contribution < -0.4 is 5.32 Å². The molecule has 1 aliphatic heterocycles. The molecule has 0 saturated carbocycles. The molecule has 2 aromatic carbocycles. The van der Waals surface area contributed by atoms with Crippen molar-refractivity contribution in [2.45, 2.75) is 38.0 Å². The molecule has 1 saturated heterocycles. The van der Waals surface area contributed by atoms with E-state index in [1.165, 1.54) is 4.31 Å². The number of rotatable bonds is 7. The van der Waals surface area contributed by atoms with E-state index in [2.05, 4.69) is 5.32 Å². The first kappa shape index (κ1) is 21.8. The number of carbonyl (C=O) groups excluding carboxylic acids is 1. The van der Waals surface area contributed by atoms with E-state index in [9.17, 15) is 13.2 Å². The number of halogens is 1. The Bertz CT molecular complexity index is 909. The van der Waals surface area contributed by atoms with Crippen molar-refractivity contribution in [2.75, 3.05) is 13.1 Å². The number of amides is 1. The van der Waals surface area contributed by atoms with Crippen LogP contribution in [0.3, 0.4) is 0 Å². The van der Waals surface area contributed by atoms with Crippen LogP contribution in [0.2, 0.25) is 5.02 Å². The van der Waals surface area contributed by atoms with Crippen LogP contribution in [0, 0.1) is 5.92 Å². The number of sulfonamides is 1. The van der Waals surface area contributed by atoms with Crippen molar-refractivity contribution in [2.24, 2.45) is 5.92 Å². The van der Waals surface area contributed by atoms with E-state index in [0.29, 0.717) is 36.5 Å². The highest BCUT2D eigenvalue weighted by Gasteiger charge is 2.31. The number of benzene rings is 2. The Hall–Kier alpha value is -1.89. The molecule has 1 atom stereocenters. The molecule has 1 N–H and O–H groups in total. The summed E-state index contributed by atoms with van der Waals surface area (Å²) in [5.74, 6) is -0.197. The standard InChI is InChI=1S/C22H27ClN2O3S/c1-2-21(18-6-4-3-5-7-18)24-22(26)19-12-14-25(15-13-19)29(27,28)16-17-8-10-20(23)11-9-17/h3-11,19,21H,2,12-16H2,1H3,(H,24,26)/t21-/m1/s1. The van der Waals surface area contributed by atoms with Gasteiger partial charge in [-0.25, -0.2) is 12.7 Å². The lowest BCUT2D eigenvalue weighted by Crippen LogP contribution is -2.44. The maximum Gasteiger partial charge on any atom is 0.223 e. The Balaban J connectivity index is 1.55. The number of piperidine rings is 1. The van der Waals surface area contributed by atoms with Crippen molar-refractivity contribution in [3.05, 3.63) is 70.7 Å². The summed E-state index contributed by atoms with van der Waals surface area (Å²) in [4.78, 5) is 12.7. The van der Waals surface area contributed by atoms with Crippen LogP contribution in [-0.4, -0.2) is 31.7 Å². The fourth-order valence-electron chi connectivity index (χ4n) is 3.67. The molecule has 1 fully saturated rings. The van der Waals surface area contributed by atoms with Crippen molar-refractivity contribution >= 4 is 27.5 Å². The molecule has 0 aliphatic carbocycles. The first-order chi connectivity index (χ1) is 13.9. The summed E-state index contributed by atoms with van der Waals surface area (Å²) in [5, 5.41) is 3.71. The lowest BCUT2D eigenvalue weighted by molar-refractivity contribution is -0.126. The second-order valence-corrected chi connectivity index (χ2v) is 9.84. The van der Waals surface area contributed by atoms with Gasteiger partial charge in [0.1, 0.15) is 0 Å². The van der Waals surface area contributed by atoms with Crippen LogP contribution in [0.4, 0.5) is 0 Å². The third-order valence-electron chi connectivity index (χ3n) is 5.41. The van der Waals surface area contributed by atoms with Gasteiger partial charge in [-0.15, -0.1) is 0 Å². The van der Waals surface area contributed by atoms with Gasteiger partial charge in [-0.1, -0.05) is 61.0 Å². The van der Waals surface area contributed by atoms with Crippen molar-refractivity contribution in [1.29, 1.82) is 0 Å². The lowest BCUT2D eigenvalue weighted by atomic mass is 9.96. The van der Waals surface area contributed by atoms with Gasteiger partial charge in [0, 0.05) is 24.0 Å². The Morgan fingerprint density at radius 2 is 1.72 bits per heavy atom. The average Bonchev–Trinajstić information content (AvgIpc) is 2.74. The maximum atomic E-state index is 12.7. The zero-order valence-electron chi connectivity index (χ0n) is 16.6. The van der Waals surface area contributed by atoms with Gasteiger partial charge in [0.05, 0.1) is 11.8 Å². The van der Waals surface area contributed by atoms with Crippen LogP contribution >= 0.6 is 11.6 Å². The normalized spacial score (nSPS) is 17.0. The smallest absolute Gasteiger partial charge is 0.223 e. The number of carbonyl (C=O) groups is 1. The molecule has 0 spiro atoms. The second kappa shape index (κ2) is 9.74. The Kier molecular flexibility index (Phi) is 7.33. The van der Waals surface area contributed by atoms with Crippen molar-refractivity contribution in [1.82, 2.24) is 9.62 Å². The Labute approximate surface area is 178 Å². The third kappa shape index (κ3) is 5.81. The molecule has 0 radical (unpaired) electrons. The molecule has 29 heavy (non-hydrogen) atoms. The van der Waals surface area contributed by atoms with E-state index >= 15 is 0 Å². The fourth-order valence-corrected chi connectivity index (χ4v) is 5.36. The van der Waals surface area contributed by atoms with Gasteiger partial charge in [0.2, 0.25) is 15.9 Å². The molecular formula is C22H27ClN2O3S. The minimum absolute atomic E-state index is 0.00968. The summed E-state index contributed by atoms with van der Waals surface area (Å²) >= 11 is 5.87. The number of hydrogen-bond donors (Lipinski definition) is 1. The summed E-state index contributed by atoms with van der Waals surface area (Å²) in [6.45, 7) is 2.79. The van der Waals surface area contributed by atoms with Crippen molar-refractivity contribution in [3.63, 3.8) is 0 Å². The first-order valence-corrected chi connectivity index (χ1v) is 12.0. The monoisotopic (exact) mass is 434 g/mol. The summed E-state index contributed by atoms with van der Waals surface area (Å²) in [6.07, 6.45) is 1.89. The van der Waals surface area contributed by atoms with Crippen LogP contribution in [0.25, 0.3) is 0 Å². The zero-order chi connectivity index (χ0) is 20.9. The highest BCUT2D eigenvalue weighted by atomic mass is 35.5. The number of nitrogens with zero attached hydrogens (tertiary/aromatic N) is 1. The molecule has 1 heterocycles. The molecule has 0 unspecified atom stereocenters. The van der Waals surface area contributed by atoms with E-state index in [-0.39, 0.29) is 23.6 Å². The van der Waals surface area contributed by atoms with Crippen LogP contribution in [-0.2, 0) is 20.6 Å². The van der Waals surface area contributed by atoms with Gasteiger partial charge in [-0.2, -0.15) is 0 Å². The molecule has 0 bridgehead atoms. The minimum atomic E-state index is -3.41. The molecule has 1 aliphatic rings. The first-order valence-electron chi connectivity index (χ1n) is 9.96. The van der Waals surface area contributed by atoms with E-state index in [0.717, 1.165) is 12.0 Å². The molecular weight excluding hydrogens is 408 g/mol. The average molecular weight is 435 g/mol. The van der Waals surface area contributed by atoms with Gasteiger partial charge in [-0.05, 0) is 42.5 Å². The highest BCUT2D eigenvalue weighted by molar-refractivity contribution is 7.88. The Morgan fingerprint density at radius 3 is 2.31 bits per heavy atom. The van der Waals surface area contributed by atoms with E-state index in [4.69, 9.17) is 11.6 Å². The van der Waals surface area contributed by atoms with Gasteiger partial charge in [-0.3, -0.25) is 4.79 Å². The number of hydrogen-bond acceptors (Lipinski definition) is 3.